The normalized spacial score (nSPS) is 18.6. The fraction of sp³-hybridized carbons (Fsp3) is 0.263. The van der Waals surface area contributed by atoms with Crippen LogP contribution in [-0.4, -0.2) is 22.7 Å². The van der Waals surface area contributed by atoms with Crippen LogP contribution in [0.25, 0.3) is 0 Å². The van der Waals surface area contributed by atoms with Gasteiger partial charge in [-0.1, -0.05) is 36.9 Å². The van der Waals surface area contributed by atoms with E-state index in [1.165, 1.54) is 0 Å². The van der Waals surface area contributed by atoms with Crippen LogP contribution in [0.3, 0.4) is 0 Å². The minimum absolute atomic E-state index is 0.300. The molecule has 1 N–H and O–H groups in total. The zero-order chi connectivity index (χ0) is 18.0. The lowest BCUT2D eigenvalue weighted by Gasteiger charge is -2.26. The van der Waals surface area contributed by atoms with Crippen molar-refractivity contribution in [2.75, 3.05) is 6.61 Å². The quantitative estimate of drug-likeness (QED) is 0.614. The highest BCUT2D eigenvalue weighted by atomic mass is 32.1. The molecule has 1 unspecified atom stereocenters. The molecule has 1 aliphatic rings. The number of carboxylic acid groups (broad SMARTS) is 1. The number of carboxylic acids is 1. The third-order valence-corrected chi connectivity index (χ3v) is 4.72. The lowest BCUT2D eigenvalue weighted by Crippen LogP contribution is -2.24. The maximum Gasteiger partial charge on any atom is 0.341 e. The molecule has 0 bridgehead atoms. The molecule has 5 nitrogen and oxygen atoms in total. The van der Waals surface area contributed by atoms with Crippen LogP contribution in [0.5, 0.6) is 5.75 Å². The molecule has 0 fully saturated rings. The maximum atomic E-state index is 10.9. The van der Waals surface area contributed by atoms with Crippen molar-refractivity contribution >= 4 is 18.6 Å². The van der Waals surface area contributed by atoms with Crippen LogP contribution in [-0.2, 0) is 27.5 Å². The Morgan fingerprint density at radius 1 is 1.48 bits per heavy atom. The standard InChI is InChI=1S/C19H19NO4S/c1-3-19(14-6-4-13(11-25)5-7-14)16-8-20-12(2)18(15(16)9-24-19)23-10-17(21)22/h3-8,25H,1,9-11H2,2H3,(H,21,22). The number of aliphatic carboxylic acids is 1. The van der Waals surface area contributed by atoms with Gasteiger partial charge in [0, 0.05) is 23.1 Å². The number of aromatic nitrogens is 1. The molecule has 1 atom stereocenters. The number of aryl methyl sites for hydroxylation is 1. The Bertz CT molecular complexity index is 819. The number of hydrogen-bond acceptors (Lipinski definition) is 5. The first kappa shape index (κ1) is 17.5. The van der Waals surface area contributed by atoms with Crippen LogP contribution in [0.1, 0.15) is 27.9 Å². The number of carbonyl (C=O) groups is 1. The number of hydrogen-bond donors (Lipinski definition) is 2. The molecule has 1 aromatic heterocycles. The summed E-state index contributed by atoms with van der Waals surface area (Å²) in [7, 11) is 0. The molecule has 6 heteroatoms. The number of ether oxygens (including phenoxy) is 2. The summed E-state index contributed by atoms with van der Waals surface area (Å²) < 4.78 is 11.6. The predicted octanol–water partition coefficient (Wildman–Crippen LogP) is 3.24. The van der Waals surface area contributed by atoms with Crippen LogP contribution < -0.4 is 4.74 Å². The summed E-state index contributed by atoms with van der Waals surface area (Å²) in [5.41, 5.74) is 3.48. The highest BCUT2D eigenvalue weighted by Gasteiger charge is 2.41. The highest BCUT2D eigenvalue weighted by molar-refractivity contribution is 7.79. The Labute approximate surface area is 151 Å². The van der Waals surface area contributed by atoms with Crippen molar-refractivity contribution in [2.45, 2.75) is 24.9 Å². The van der Waals surface area contributed by atoms with Crippen LogP contribution in [0, 0.1) is 6.92 Å². The average molecular weight is 357 g/mol. The molecule has 2 heterocycles. The Morgan fingerprint density at radius 3 is 2.80 bits per heavy atom. The van der Waals surface area contributed by atoms with Gasteiger partial charge in [0.15, 0.2) is 6.61 Å². The van der Waals surface area contributed by atoms with Gasteiger partial charge in [-0.25, -0.2) is 4.79 Å². The third-order valence-electron chi connectivity index (χ3n) is 4.35. The van der Waals surface area contributed by atoms with Crippen molar-refractivity contribution in [1.29, 1.82) is 0 Å². The second-order valence-corrected chi connectivity index (χ2v) is 6.15. The number of rotatable bonds is 6. The van der Waals surface area contributed by atoms with E-state index in [1.807, 2.05) is 24.3 Å². The van der Waals surface area contributed by atoms with E-state index in [0.29, 0.717) is 23.8 Å². The van der Waals surface area contributed by atoms with Crippen molar-refractivity contribution in [3.05, 3.63) is 71.1 Å². The van der Waals surface area contributed by atoms with Gasteiger partial charge < -0.3 is 14.6 Å². The van der Waals surface area contributed by atoms with Crippen molar-refractivity contribution in [3.8, 4) is 5.75 Å². The summed E-state index contributed by atoms with van der Waals surface area (Å²) >= 11 is 4.28. The fourth-order valence-electron chi connectivity index (χ4n) is 3.07. The van der Waals surface area contributed by atoms with Gasteiger partial charge in [0.25, 0.3) is 0 Å². The van der Waals surface area contributed by atoms with Gasteiger partial charge in [-0.05, 0) is 18.1 Å². The first-order chi connectivity index (χ1) is 12.0. The largest absolute Gasteiger partial charge is 0.480 e. The monoisotopic (exact) mass is 357 g/mol. The summed E-state index contributed by atoms with van der Waals surface area (Å²) in [5, 5.41) is 8.89. The molecule has 1 aromatic carbocycles. The van der Waals surface area contributed by atoms with Crippen LogP contribution in [0.2, 0.25) is 0 Å². The van der Waals surface area contributed by atoms with E-state index in [4.69, 9.17) is 14.6 Å². The fourth-order valence-corrected chi connectivity index (χ4v) is 3.29. The zero-order valence-electron chi connectivity index (χ0n) is 13.9. The minimum atomic E-state index is -1.03. The Morgan fingerprint density at radius 2 is 2.20 bits per heavy atom. The van der Waals surface area contributed by atoms with Crippen LogP contribution >= 0.6 is 12.6 Å². The summed E-state index contributed by atoms with van der Waals surface area (Å²) in [6.45, 7) is 5.62. The van der Waals surface area contributed by atoms with Gasteiger partial charge in [0.2, 0.25) is 0 Å². The SMILES string of the molecule is C=CC1(c2ccc(CS)cc2)OCc2c1cnc(C)c2OCC(=O)O. The molecular weight excluding hydrogens is 338 g/mol. The van der Waals surface area contributed by atoms with Gasteiger partial charge in [-0.15, -0.1) is 0 Å². The molecule has 0 aliphatic carbocycles. The van der Waals surface area contributed by atoms with E-state index in [-0.39, 0.29) is 0 Å². The topological polar surface area (TPSA) is 68.7 Å². The Kier molecular flexibility index (Phi) is 4.83. The Hall–Kier alpha value is -2.31. The smallest absolute Gasteiger partial charge is 0.341 e. The van der Waals surface area contributed by atoms with Gasteiger partial charge in [-0.2, -0.15) is 12.6 Å². The molecule has 0 spiro atoms. The third kappa shape index (κ3) is 3.03. The Balaban J connectivity index is 2.08. The summed E-state index contributed by atoms with van der Waals surface area (Å²) in [4.78, 5) is 15.2. The molecule has 0 saturated carbocycles. The predicted molar refractivity (Wildman–Crippen MR) is 97.0 cm³/mol. The van der Waals surface area contributed by atoms with Crippen molar-refractivity contribution in [2.24, 2.45) is 0 Å². The average Bonchev–Trinajstić information content (AvgIpc) is 3.00. The molecule has 0 saturated heterocycles. The van der Waals surface area contributed by atoms with Gasteiger partial charge >= 0.3 is 5.97 Å². The molecule has 2 aromatic rings. The maximum absolute atomic E-state index is 10.9. The molecule has 130 valence electrons. The minimum Gasteiger partial charge on any atom is -0.480 e. The first-order valence-corrected chi connectivity index (χ1v) is 8.46. The van der Waals surface area contributed by atoms with Crippen LogP contribution in [0.4, 0.5) is 0 Å². The summed E-state index contributed by atoms with van der Waals surface area (Å²) in [6, 6.07) is 7.97. The summed E-state index contributed by atoms with van der Waals surface area (Å²) in [5.74, 6) is 0.0936. The van der Waals surface area contributed by atoms with E-state index >= 15 is 0 Å². The van der Waals surface area contributed by atoms with Crippen LogP contribution in [0.15, 0.2) is 43.1 Å². The van der Waals surface area contributed by atoms with Crippen molar-refractivity contribution in [3.63, 3.8) is 0 Å². The molecule has 0 amide bonds. The first-order valence-electron chi connectivity index (χ1n) is 7.83. The summed E-state index contributed by atoms with van der Waals surface area (Å²) in [6.07, 6.45) is 3.49. The van der Waals surface area contributed by atoms with E-state index < -0.39 is 18.2 Å². The van der Waals surface area contributed by atoms with E-state index in [2.05, 4.69) is 24.2 Å². The number of benzene rings is 1. The van der Waals surface area contributed by atoms with Gasteiger partial charge in [0.1, 0.15) is 11.4 Å². The molecule has 25 heavy (non-hydrogen) atoms. The molecule has 0 radical (unpaired) electrons. The second-order valence-electron chi connectivity index (χ2n) is 5.83. The van der Waals surface area contributed by atoms with E-state index in [0.717, 1.165) is 22.3 Å². The van der Waals surface area contributed by atoms with E-state index in [1.54, 1.807) is 19.2 Å². The molecular formula is C19H19NO4S. The lowest BCUT2D eigenvalue weighted by molar-refractivity contribution is -0.139. The number of nitrogens with zero attached hydrogens (tertiary/aromatic N) is 1. The highest BCUT2D eigenvalue weighted by Crippen LogP contribution is 2.46. The molecule has 1 aliphatic heterocycles. The zero-order valence-corrected chi connectivity index (χ0v) is 14.8. The molecule has 3 rings (SSSR count). The number of fused-ring (bicyclic) bond motifs is 1. The van der Waals surface area contributed by atoms with Gasteiger partial charge in [0.05, 0.1) is 12.3 Å². The van der Waals surface area contributed by atoms with Crippen molar-refractivity contribution < 1.29 is 19.4 Å². The lowest BCUT2D eigenvalue weighted by atomic mass is 9.86. The number of thiol groups is 1. The van der Waals surface area contributed by atoms with Gasteiger partial charge in [-0.3, -0.25) is 4.98 Å². The van der Waals surface area contributed by atoms with Crippen molar-refractivity contribution in [1.82, 2.24) is 4.98 Å². The number of pyridine rings is 1. The second kappa shape index (κ2) is 6.90. The van der Waals surface area contributed by atoms with E-state index in [9.17, 15) is 4.79 Å².